The van der Waals surface area contributed by atoms with Crippen LogP contribution < -0.4 is 10.1 Å². The van der Waals surface area contributed by atoms with Gasteiger partial charge < -0.3 is 15.2 Å². The van der Waals surface area contributed by atoms with Gasteiger partial charge in [-0.05, 0) is 58.8 Å². The summed E-state index contributed by atoms with van der Waals surface area (Å²) in [6.45, 7) is 0.348. The zero-order chi connectivity index (χ0) is 17.6. The lowest BCUT2D eigenvalue weighted by Crippen LogP contribution is -2.28. The van der Waals surface area contributed by atoms with Crippen LogP contribution in [0, 0.1) is 0 Å². The molecule has 0 saturated carbocycles. The fourth-order valence-electron chi connectivity index (χ4n) is 2.15. The average molecular weight is 394 g/mol. The van der Waals surface area contributed by atoms with E-state index in [1.807, 2.05) is 29.0 Å². The van der Waals surface area contributed by atoms with Gasteiger partial charge in [-0.3, -0.25) is 4.79 Å². The molecular weight excluding hydrogens is 378 g/mol. The van der Waals surface area contributed by atoms with E-state index in [1.165, 1.54) is 11.3 Å². The number of halogens is 1. The van der Waals surface area contributed by atoms with Gasteiger partial charge in [-0.15, -0.1) is 11.3 Å². The maximum absolute atomic E-state index is 11.9. The zero-order valence-corrected chi connectivity index (χ0v) is 15.5. The molecule has 4 nitrogen and oxygen atoms in total. The number of amides is 1. The van der Waals surface area contributed by atoms with Gasteiger partial charge in [-0.25, -0.2) is 0 Å². The first-order valence-electron chi connectivity index (χ1n) is 7.55. The van der Waals surface area contributed by atoms with Gasteiger partial charge in [-0.1, -0.05) is 11.6 Å². The molecule has 0 spiro atoms. The molecule has 3 aromatic rings. The maximum atomic E-state index is 11.9. The molecular formula is C18H16ClNO3S2. The van der Waals surface area contributed by atoms with E-state index in [2.05, 4.69) is 5.32 Å². The van der Waals surface area contributed by atoms with E-state index < -0.39 is 6.10 Å². The summed E-state index contributed by atoms with van der Waals surface area (Å²) in [7, 11) is 0. The summed E-state index contributed by atoms with van der Waals surface area (Å²) in [5.41, 5.74) is 0.888. The number of thiophene rings is 2. The number of carbonyl (C=O) groups excluding carboxylic acids is 1. The highest BCUT2D eigenvalue weighted by Crippen LogP contribution is 2.29. The first-order valence-corrected chi connectivity index (χ1v) is 9.69. The molecule has 2 N–H and O–H groups in total. The van der Waals surface area contributed by atoms with Crippen molar-refractivity contribution < 1.29 is 14.6 Å². The molecule has 0 bridgehead atoms. The van der Waals surface area contributed by atoms with E-state index in [4.69, 9.17) is 16.3 Å². The Morgan fingerprint density at radius 1 is 1.20 bits per heavy atom. The highest BCUT2D eigenvalue weighted by molar-refractivity contribution is 7.12. The molecule has 0 aliphatic carbocycles. The van der Waals surface area contributed by atoms with Gasteiger partial charge in [0.05, 0.1) is 6.54 Å². The Morgan fingerprint density at radius 3 is 2.72 bits per heavy atom. The van der Waals surface area contributed by atoms with Crippen molar-refractivity contribution >= 4 is 40.2 Å². The second-order valence-corrected chi connectivity index (χ2v) is 7.70. The minimum absolute atomic E-state index is 0.0581. The molecule has 1 atom stereocenters. The summed E-state index contributed by atoms with van der Waals surface area (Å²) in [5.74, 6) is 0.389. The maximum Gasteiger partial charge on any atom is 0.258 e. The van der Waals surface area contributed by atoms with Crippen LogP contribution in [-0.4, -0.2) is 17.6 Å². The second kappa shape index (κ2) is 8.49. The SMILES string of the molecule is O=C(COc1ccc(Cl)cc1)NCc1ccc(C(O)c2ccsc2)s1. The quantitative estimate of drug-likeness (QED) is 0.631. The Bertz CT molecular complexity index is 815. The molecule has 0 fully saturated rings. The lowest BCUT2D eigenvalue weighted by molar-refractivity contribution is -0.123. The van der Waals surface area contributed by atoms with Crippen molar-refractivity contribution in [3.63, 3.8) is 0 Å². The first-order chi connectivity index (χ1) is 12.1. The molecule has 0 aliphatic heterocycles. The molecule has 130 valence electrons. The standard InChI is InChI=1S/C18H16ClNO3S2/c19-13-1-3-14(4-2-13)23-10-17(21)20-9-15-5-6-16(25-15)18(22)12-7-8-24-11-12/h1-8,11,18,22H,9-10H2,(H,20,21). The van der Waals surface area contributed by atoms with E-state index in [0.29, 0.717) is 17.3 Å². The number of rotatable bonds is 7. The Labute approximate surface area is 158 Å². The largest absolute Gasteiger partial charge is 0.484 e. The number of carbonyl (C=O) groups is 1. The lowest BCUT2D eigenvalue weighted by atomic mass is 10.2. The highest BCUT2D eigenvalue weighted by Gasteiger charge is 2.13. The van der Waals surface area contributed by atoms with Gasteiger partial charge in [0, 0.05) is 14.8 Å². The monoisotopic (exact) mass is 393 g/mol. The van der Waals surface area contributed by atoms with Gasteiger partial charge in [0.15, 0.2) is 6.61 Å². The number of nitrogens with one attached hydrogen (secondary N) is 1. The first kappa shape index (κ1) is 17.9. The van der Waals surface area contributed by atoms with E-state index in [9.17, 15) is 9.90 Å². The van der Waals surface area contributed by atoms with Gasteiger partial charge in [0.25, 0.3) is 5.91 Å². The van der Waals surface area contributed by atoms with Crippen LogP contribution in [0.25, 0.3) is 0 Å². The molecule has 1 aromatic carbocycles. The normalized spacial score (nSPS) is 11.9. The fourth-order valence-corrected chi connectivity index (χ4v) is 3.92. The van der Waals surface area contributed by atoms with Crippen LogP contribution in [0.1, 0.15) is 21.4 Å². The van der Waals surface area contributed by atoms with Gasteiger partial charge >= 0.3 is 0 Å². The summed E-state index contributed by atoms with van der Waals surface area (Å²) < 4.78 is 5.40. The molecule has 3 rings (SSSR count). The molecule has 1 unspecified atom stereocenters. The smallest absolute Gasteiger partial charge is 0.258 e. The Kier molecular flexibility index (Phi) is 6.09. The summed E-state index contributed by atoms with van der Waals surface area (Å²) >= 11 is 8.83. The molecule has 1 amide bonds. The third kappa shape index (κ3) is 5.06. The summed E-state index contributed by atoms with van der Waals surface area (Å²) in [5, 5.41) is 17.6. The van der Waals surface area contributed by atoms with Crippen molar-refractivity contribution in [1.82, 2.24) is 5.32 Å². The zero-order valence-electron chi connectivity index (χ0n) is 13.1. The number of hydrogen-bond acceptors (Lipinski definition) is 5. The summed E-state index contributed by atoms with van der Waals surface area (Å²) in [4.78, 5) is 13.7. The van der Waals surface area contributed by atoms with Crippen LogP contribution in [0.2, 0.25) is 5.02 Å². The van der Waals surface area contributed by atoms with Crippen LogP contribution >= 0.6 is 34.3 Å². The van der Waals surface area contributed by atoms with Crippen LogP contribution in [0.4, 0.5) is 0 Å². The van der Waals surface area contributed by atoms with Crippen LogP contribution in [0.3, 0.4) is 0 Å². The van der Waals surface area contributed by atoms with Crippen LogP contribution in [-0.2, 0) is 11.3 Å². The molecule has 0 radical (unpaired) electrons. The number of aliphatic hydroxyl groups is 1. The Balaban J connectivity index is 1.47. The average Bonchev–Trinajstić information content (AvgIpc) is 3.30. The van der Waals surface area contributed by atoms with Gasteiger partial charge in [-0.2, -0.15) is 11.3 Å². The fraction of sp³-hybridized carbons (Fsp3) is 0.167. The molecule has 7 heteroatoms. The third-order valence-corrected chi connectivity index (χ3v) is 5.55. The minimum Gasteiger partial charge on any atom is -0.484 e. The van der Waals surface area contributed by atoms with Crippen molar-refractivity contribution in [2.75, 3.05) is 6.61 Å². The summed E-state index contributed by atoms with van der Waals surface area (Å²) in [6.07, 6.45) is -0.617. The number of ether oxygens (including phenoxy) is 1. The van der Waals surface area contributed by atoms with Crippen LogP contribution in [0.5, 0.6) is 5.75 Å². The van der Waals surface area contributed by atoms with Crippen molar-refractivity contribution in [3.8, 4) is 5.75 Å². The second-order valence-electron chi connectivity index (χ2n) is 5.28. The number of benzene rings is 1. The summed E-state index contributed by atoms with van der Waals surface area (Å²) in [6, 6.07) is 12.6. The lowest BCUT2D eigenvalue weighted by Gasteiger charge is -2.07. The van der Waals surface area contributed by atoms with Crippen molar-refractivity contribution in [3.05, 3.63) is 73.6 Å². The van der Waals surface area contributed by atoms with Gasteiger partial charge in [0.1, 0.15) is 11.9 Å². The topological polar surface area (TPSA) is 58.6 Å². The molecule has 0 aliphatic rings. The Morgan fingerprint density at radius 2 is 2.00 bits per heavy atom. The van der Waals surface area contributed by atoms with Gasteiger partial charge in [0.2, 0.25) is 0 Å². The molecule has 25 heavy (non-hydrogen) atoms. The molecule has 2 heterocycles. The molecule has 2 aromatic heterocycles. The predicted molar refractivity (Wildman–Crippen MR) is 101 cm³/mol. The highest BCUT2D eigenvalue weighted by atomic mass is 35.5. The van der Waals surface area contributed by atoms with Crippen LogP contribution in [0.15, 0.2) is 53.2 Å². The number of hydrogen-bond donors (Lipinski definition) is 2. The minimum atomic E-state index is -0.617. The van der Waals surface area contributed by atoms with E-state index in [-0.39, 0.29) is 12.5 Å². The third-order valence-electron chi connectivity index (χ3n) is 3.45. The predicted octanol–water partition coefficient (Wildman–Crippen LogP) is 4.24. The van der Waals surface area contributed by atoms with Crippen molar-refractivity contribution in [1.29, 1.82) is 0 Å². The van der Waals surface area contributed by atoms with Crippen molar-refractivity contribution in [2.45, 2.75) is 12.6 Å². The number of aliphatic hydroxyl groups excluding tert-OH is 1. The Hall–Kier alpha value is -1.86. The van der Waals surface area contributed by atoms with E-state index in [1.54, 1.807) is 35.6 Å². The van der Waals surface area contributed by atoms with Crippen molar-refractivity contribution in [2.24, 2.45) is 0 Å². The van der Waals surface area contributed by atoms with E-state index in [0.717, 1.165) is 15.3 Å². The molecule has 0 saturated heterocycles. The van der Waals surface area contributed by atoms with E-state index >= 15 is 0 Å².